The van der Waals surface area contributed by atoms with Crippen LogP contribution >= 0.6 is 0 Å². The Morgan fingerprint density at radius 3 is 2.82 bits per heavy atom. The molecule has 0 saturated heterocycles. The van der Waals surface area contributed by atoms with Crippen LogP contribution in [0.2, 0.25) is 0 Å². The summed E-state index contributed by atoms with van der Waals surface area (Å²) < 4.78 is 18.8. The molecule has 0 bridgehead atoms. The van der Waals surface area contributed by atoms with Gasteiger partial charge in [0.05, 0.1) is 6.61 Å². The molecule has 1 aromatic rings. The standard InChI is InChI=1S/C12H13FO4/c13-9-3-1-2-8(10(14)12(15)16)11(9)17-6-7-4-5-7/h1-3,7,10,14H,4-6H2,(H,15,16). The van der Waals surface area contributed by atoms with Crippen molar-refractivity contribution in [3.05, 3.63) is 29.6 Å². The normalized spacial score (nSPS) is 16.6. The molecule has 1 aliphatic carbocycles. The van der Waals surface area contributed by atoms with Crippen molar-refractivity contribution in [3.8, 4) is 5.75 Å². The monoisotopic (exact) mass is 240 g/mol. The van der Waals surface area contributed by atoms with Crippen LogP contribution < -0.4 is 4.74 Å². The Bertz CT molecular complexity index is 429. The minimum atomic E-state index is -1.76. The summed E-state index contributed by atoms with van der Waals surface area (Å²) in [4.78, 5) is 10.7. The minimum absolute atomic E-state index is 0.0434. The molecule has 1 unspecified atom stereocenters. The highest BCUT2D eigenvalue weighted by molar-refractivity contribution is 5.75. The number of para-hydroxylation sites is 1. The predicted molar refractivity (Wildman–Crippen MR) is 57.2 cm³/mol. The van der Waals surface area contributed by atoms with Gasteiger partial charge in [-0.2, -0.15) is 0 Å². The van der Waals surface area contributed by atoms with Gasteiger partial charge in [0.2, 0.25) is 0 Å². The van der Waals surface area contributed by atoms with E-state index in [4.69, 9.17) is 9.84 Å². The number of benzene rings is 1. The number of aliphatic hydroxyl groups excluding tert-OH is 1. The lowest BCUT2D eigenvalue weighted by atomic mass is 10.1. The van der Waals surface area contributed by atoms with Crippen LogP contribution in [0.3, 0.4) is 0 Å². The van der Waals surface area contributed by atoms with Gasteiger partial charge in [0.15, 0.2) is 17.7 Å². The van der Waals surface area contributed by atoms with Crippen LogP contribution in [0.1, 0.15) is 24.5 Å². The predicted octanol–water partition coefficient (Wildman–Crippen LogP) is 1.73. The van der Waals surface area contributed by atoms with Crippen molar-refractivity contribution < 1.29 is 24.1 Å². The molecule has 1 atom stereocenters. The van der Waals surface area contributed by atoms with E-state index >= 15 is 0 Å². The fraction of sp³-hybridized carbons (Fsp3) is 0.417. The lowest BCUT2D eigenvalue weighted by molar-refractivity contribution is -0.147. The van der Waals surface area contributed by atoms with Gasteiger partial charge >= 0.3 is 5.97 Å². The smallest absolute Gasteiger partial charge is 0.337 e. The summed E-state index contributed by atoms with van der Waals surface area (Å²) in [5.74, 6) is -1.81. The molecule has 2 rings (SSSR count). The first-order chi connectivity index (χ1) is 8.09. The number of carboxylic acid groups (broad SMARTS) is 1. The average Bonchev–Trinajstić information content (AvgIpc) is 3.10. The Morgan fingerprint density at radius 1 is 1.53 bits per heavy atom. The number of hydrogen-bond donors (Lipinski definition) is 2. The molecular weight excluding hydrogens is 227 g/mol. The molecule has 0 radical (unpaired) electrons. The molecule has 4 nitrogen and oxygen atoms in total. The van der Waals surface area contributed by atoms with Crippen molar-refractivity contribution in [2.45, 2.75) is 18.9 Å². The van der Waals surface area contributed by atoms with Gasteiger partial charge in [0, 0.05) is 5.56 Å². The van der Waals surface area contributed by atoms with Crippen LogP contribution in [0.15, 0.2) is 18.2 Å². The number of carbonyl (C=O) groups is 1. The Labute approximate surface area is 97.6 Å². The second kappa shape index (κ2) is 4.71. The summed E-state index contributed by atoms with van der Waals surface area (Å²) in [7, 11) is 0. The van der Waals surface area contributed by atoms with Crippen molar-refractivity contribution in [2.75, 3.05) is 6.61 Å². The molecule has 2 N–H and O–H groups in total. The largest absolute Gasteiger partial charge is 0.490 e. The Balaban J connectivity index is 2.22. The van der Waals surface area contributed by atoms with Crippen molar-refractivity contribution in [1.29, 1.82) is 0 Å². The van der Waals surface area contributed by atoms with Crippen LogP contribution in [0.25, 0.3) is 0 Å². The summed E-state index contributed by atoms with van der Waals surface area (Å²) in [6.45, 7) is 0.361. The third-order valence-electron chi connectivity index (χ3n) is 2.69. The van der Waals surface area contributed by atoms with Crippen molar-refractivity contribution >= 4 is 5.97 Å². The molecule has 5 heteroatoms. The fourth-order valence-electron chi connectivity index (χ4n) is 1.51. The van der Waals surface area contributed by atoms with E-state index in [1.807, 2.05) is 0 Å². The first kappa shape index (κ1) is 11.9. The van der Waals surface area contributed by atoms with E-state index in [-0.39, 0.29) is 11.3 Å². The minimum Gasteiger partial charge on any atom is -0.490 e. The van der Waals surface area contributed by atoms with E-state index in [0.717, 1.165) is 12.8 Å². The lowest BCUT2D eigenvalue weighted by Crippen LogP contribution is -2.13. The first-order valence-electron chi connectivity index (χ1n) is 5.41. The zero-order chi connectivity index (χ0) is 12.4. The van der Waals surface area contributed by atoms with Gasteiger partial charge < -0.3 is 14.9 Å². The number of rotatable bonds is 5. The van der Waals surface area contributed by atoms with Crippen molar-refractivity contribution in [1.82, 2.24) is 0 Å². The van der Waals surface area contributed by atoms with Gasteiger partial charge in [-0.1, -0.05) is 12.1 Å². The maximum absolute atomic E-state index is 13.5. The molecule has 1 aromatic carbocycles. The second-order valence-corrected chi connectivity index (χ2v) is 4.15. The molecule has 92 valence electrons. The Morgan fingerprint density at radius 2 is 2.24 bits per heavy atom. The van der Waals surface area contributed by atoms with E-state index in [0.29, 0.717) is 12.5 Å². The van der Waals surface area contributed by atoms with E-state index < -0.39 is 17.9 Å². The maximum atomic E-state index is 13.5. The lowest BCUT2D eigenvalue weighted by Gasteiger charge is -2.14. The molecule has 0 amide bonds. The van der Waals surface area contributed by atoms with Crippen LogP contribution in [-0.4, -0.2) is 22.8 Å². The van der Waals surface area contributed by atoms with Crippen LogP contribution in [0.5, 0.6) is 5.75 Å². The highest BCUT2D eigenvalue weighted by atomic mass is 19.1. The summed E-state index contributed by atoms with van der Waals surface area (Å²) in [6.07, 6.45) is 0.330. The zero-order valence-corrected chi connectivity index (χ0v) is 9.10. The quantitative estimate of drug-likeness (QED) is 0.822. The van der Waals surface area contributed by atoms with Gasteiger partial charge in [-0.3, -0.25) is 0 Å². The molecule has 1 fully saturated rings. The Hall–Kier alpha value is -1.62. The van der Waals surface area contributed by atoms with E-state index in [1.165, 1.54) is 18.2 Å². The SMILES string of the molecule is O=C(O)C(O)c1cccc(F)c1OCC1CC1. The molecule has 17 heavy (non-hydrogen) atoms. The number of hydrogen-bond acceptors (Lipinski definition) is 3. The third-order valence-corrected chi connectivity index (χ3v) is 2.69. The van der Waals surface area contributed by atoms with E-state index in [2.05, 4.69) is 0 Å². The van der Waals surface area contributed by atoms with Gasteiger partial charge in [-0.15, -0.1) is 0 Å². The second-order valence-electron chi connectivity index (χ2n) is 4.15. The third kappa shape index (κ3) is 2.74. The van der Waals surface area contributed by atoms with Crippen LogP contribution in [0, 0.1) is 11.7 Å². The molecule has 0 aromatic heterocycles. The number of halogens is 1. The molecular formula is C12H13FO4. The van der Waals surface area contributed by atoms with Gasteiger partial charge in [-0.25, -0.2) is 9.18 Å². The molecule has 1 saturated carbocycles. The summed E-state index contributed by atoms with van der Waals surface area (Å²) >= 11 is 0. The molecule has 0 spiro atoms. The molecule has 1 aliphatic rings. The van der Waals surface area contributed by atoms with Crippen LogP contribution in [-0.2, 0) is 4.79 Å². The Kier molecular flexibility index (Phi) is 3.28. The van der Waals surface area contributed by atoms with E-state index in [1.54, 1.807) is 0 Å². The highest BCUT2D eigenvalue weighted by Gasteiger charge is 2.26. The van der Waals surface area contributed by atoms with E-state index in [9.17, 15) is 14.3 Å². The zero-order valence-electron chi connectivity index (χ0n) is 9.10. The number of ether oxygens (including phenoxy) is 1. The van der Waals surface area contributed by atoms with Gasteiger partial charge in [-0.05, 0) is 24.8 Å². The fourth-order valence-corrected chi connectivity index (χ4v) is 1.51. The van der Waals surface area contributed by atoms with Gasteiger partial charge in [0.1, 0.15) is 0 Å². The number of aliphatic carboxylic acids is 1. The first-order valence-corrected chi connectivity index (χ1v) is 5.41. The molecule has 0 aliphatic heterocycles. The number of carboxylic acids is 1. The van der Waals surface area contributed by atoms with Crippen molar-refractivity contribution in [2.24, 2.45) is 5.92 Å². The van der Waals surface area contributed by atoms with Crippen molar-refractivity contribution in [3.63, 3.8) is 0 Å². The highest BCUT2D eigenvalue weighted by Crippen LogP contribution is 2.33. The maximum Gasteiger partial charge on any atom is 0.337 e. The summed E-state index contributed by atoms with van der Waals surface area (Å²) in [5, 5.41) is 18.2. The van der Waals surface area contributed by atoms with Crippen LogP contribution in [0.4, 0.5) is 4.39 Å². The summed E-state index contributed by atoms with van der Waals surface area (Å²) in [5.41, 5.74) is -0.0434. The number of aliphatic hydroxyl groups is 1. The van der Waals surface area contributed by atoms with Gasteiger partial charge in [0.25, 0.3) is 0 Å². The average molecular weight is 240 g/mol. The summed E-state index contributed by atoms with van der Waals surface area (Å²) in [6, 6.07) is 3.88. The molecule has 0 heterocycles. The topological polar surface area (TPSA) is 66.8 Å².